The molecular weight excluding hydrogens is 316 g/mol. The van der Waals surface area contributed by atoms with Crippen LogP contribution >= 0.6 is 0 Å². The van der Waals surface area contributed by atoms with E-state index in [1.807, 2.05) is 6.92 Å². The van der Waals surface area contributed by atoms with E-state index in [2.05, 4.69) is 0 Å². The molecule has 0 spiro atoms. The van der Waals surface area contributed by atoms with Gasteiger partial charge in [-0.3, -0.25) is 9.10 Å². The van der Waals surface area contributed by atoms with Gasteiger partial charge in [-0.05, 0) is 31.2 Å². The van der Waals surface area contributed by atoms with Crippen molar-refractivity contribution in [1.82, 2.24) is 0 Å². The van der Waals surface area contributed by atoms with E-state index in [9.17, 15) is 13.2 Å². The van der Waals surface area contributed by atoms with E-state index in [0.717, 1.165) is 5.56 Å². The summed E-state index contributed by atoms with van der Waals surface area (Å²) >= 11 is 0. The number of anilines is 1. The zero-order chi connectivity index (χ0) is 16.6. The fourth-order valence-corrected chi connectivity index (χ4v) is 3.89. The molecule has 0 bridgehead atoms. The largest absolute Gasteiger partial charge is 0.476 e. The van der Waals surface area contributed by atoms with Crippen molar-refractivity contribution in [3.05, 3.63) is 54.1 Å². The van der Waals surface area contributed by atoms with Gasteiger partial charge < -0.3 is 10.5 Å². The molecule has 0 aromatic heterocycles. The molecule has 0 saturated carbocycles. The number of sulfonamides is 1. The Morgan fingerprint density at radius 1 is 1.17 bits per heavy atom. The predicted molar refractivity (Wildman–Crippen MR) is 85.8 cm³/mol. The zero-order valence-electron chi connectivity index (χ0n) is 12.5. The maximum absolute atomic E-state index is 12.9. The Kier molecular flexibility index (Phi) is 3.73. The number of ether oxygens (including phenoxy) is 1. The molecule has 0 unspecified atom stereocenters. The van der Waals surface area contributed by atoms with Crippen molar-refractivity contribution in [3.63, 3.8) is 0 Å². The normalized spacial score (nSPS) is 17.3. The van der Waals surface area contributed by atoms with E-state index in [0.29, 0.717) is 11.4 Å². The van der Waals surface area contributed by atoms with Crippen molar-refractivity contribution in [1.29, 1.82) is 0 Å². The number of carbonyl (C=O) groups is 1. The molecule has 23 heavy (non-hydrogen) atoms. The number of aryl methyl sites for hydroxylation is 1. The molecule has 1 aliphatic heterocycles. The van der Waals surface area contributed by atoms with E-state index < -0.39 is 22.0 Å². The Morgan fingerprint density at radius 2 is 1.83 bits per heavy atom. The molecule has 1 amide bonds. The van der Waals surface area contributed by atoms with Crippen LogP contribution in [-0.2, 0) is 14.8 Å². The predicted octanol–water partition coefficient (Wildman–Crippen LogP) is 1.44. The molecule has 2 N–H and O–H groups in total. The molecule has 1 aliphatic rings. The lowest BCUT2D eigenvalue weighted by molar-refractivity contribution is -0.124. The zero-order valence-corrected chi connectivity index (χ0v) is 13.3. The number of nitrogens with zero attached hydrogens (tertiary/aromatic N) is 1. The number of primary amides is 1. The van der Waals surface area contributed by atoms with E-state index in [1.54, 1.807) is 48.5 Å². The molecule has 2 aromatic rings. The Bertz CT molecular complexity index is 847. The number of fused-ring (bicyclic) bond motifs is 1. The van der Waals surface area contributed by atoms with Crippen molar-refractivity contribution in [2.75, 3.05) is 10.8 Å². The topological polar surface area (TPSA) is 89.7 Å². The van der Waals surface area contributed by atoms with Crippen molar-refractivity contribution in [2.24, 2.45) is 5.73 Å². The van der Waals surface area contributed by atoms with Crippen molar-refractivity contribution in [3.8, 4) is 5.75 Å². The van der Waals surface area contributed by atoms with Gasteiger partial charge in [0, 0.05) is 0 Å². The lowest BCUT2D eigenvalue weighted by Crippen LogP contribution is -2.49. The van der Waals surface area contributed by atoms with Crippen molar-refractivity contribution < 1.29 is 17.9 Å². The number of carbonyl (C=O) groups excluding carboxylic acids is 1. The number of amides is 1. The molecule has 0 aliphatic carbocycles. The number of benzene rings is 2. The average molecular weight is 332 g/mol. The van der Waals surface area contributed by atoms with Gasteiger partial charge in [0.15, 0.2) is 6.10 Å². The highest BCUT2D eigenvalue weighted by Crippen LogP contribution is 2.36. The second-order valence-corrected chi connectivity index (χ2v) is 7.19. The van der Waals surface area contributed by atoms with Gasteiger partial charge in [0.25, 0.3) is 15.9 Å². The first-order chi connectivity index (χ1) is 10.9. The molecule has 6 nitrogen and oxygen atoms in total. The first-order valence-electron chi connectivity index (χ1n) is 7.04. The number of hydrogen-bond donors (Lipinski definition) is 1. The monoisotopic (exact) mass is 332 g/mol. The SMILES string of the molecule is Cc1ccc(S(=O)(=O)N2C[C@H](C(N)=O)Oc3ccccc32)cc1. The number of hydrogen-bond acceptors (Lipinski definition) is 4. The van der Waals surface area contributed by atoms with Crippen molar-refractivity contribution >= 4 is 21.6 Å². The molecule has 1 atom stereocenters. The minimum atomic E-state index is -3.81. The van der Waals surface area contributed by atoms with Crippen LogP contribution in [0.15, 0.2) is 53.4 Å². The lowest BCUT2D eigenvalue weighted by atomic mass is 10.2. The van der Waals surface area contributed by atoms with E-state index in [1.165, 1.54) is 4.31 Å². The van der Waals surface area contributed by atoms with Gasteiger partial charge in [0.1, 0.15) is 5.75 Å². The highest BCUT2D eigenvalue weighted by molar-refractivity contribution is 7.92. The summed E-state index contributed by atoms with van der Waals surface area (Å²) in [4.78, 5) is 11.6. The highest BCUT2D eigenvalue weighted by atomic mass is 32.2. The van der Waals surface area contributed by atoms with Gasteiger partial charge in [-0.1, -0.05) is 29.8 Å². The molecule has 120 valence electrons. The van der Waals surface area contributed by atoms with Gasteiger partial charge in [0.05, 0.1) is 17.1 Å². The first kappa shape index (κ1) is 15.4. The second-order valence-electron chi connectivity index (χ2n) is 5.33. The smallest absolute Gasteiger partial charge is 0.264 e. The highest BCUT2D eigenvalue weighted by Gasteiger charge is 2.36. The lowest BCUT2D eigenvalue weighted by Gasteiger charge is -2.34. The van der Waals surface area contributed by atoms with Crippen LogP contribution in [0.2, 0.25) is 0 Å². The third-order valence-corrected chi connectivity index (χ3v) is 5.46. The van der Waals surface area contributed by atoms with Gasteiger partial charge in [-0.15, -0.1) is 0 Å². The van der Waals surface area contributed by atoms with E-state index >= 15 is 0 Å². The van der Waals surface area contributed by atoms with Crippen LogP contribution in [-0.4, -0.2) is 27.0 Å². The molecule has 7 heteroatoms. The summed E-state index contributed by atoms with van der Waals surface area (Å²) in [6.45, 7) is 1.73. The quantitative estimate of drug-likeness (QED) is 0.921. The van der Waals surface area contributed by atoms with Crippen LogP contribution in [0, 0.1) is 6.92 Å². The van der Waals surface area contributed by atoms with Gasteiger partial charge in [-0.2, -0.15) is 0 Å². The third kappa shape index (κ3) is 2.75. The number of para-hydroxylation sites is 2. The molecule has 1 heterocycles. The van der Waals surface area contributed by atoms with Crippen LogP contribution in [0.25, 0.3) is 0 Å². The van der Waals surface area contributed by atoms with Crippen molar-refractivity contribution in [2.45, 2.75) is 17.9 Å². The standard InChI is InChI=1S/C16H16N2O4S/c1-11-6-8-12(9-7-11)23(20,21)18-10-15(16(17)19)22-14-5-3-2-4-13(14)18/h2-9,15H,10H2,1H3,(H2,17,19)/t15-/m1/s1. The van der Waals surface area contributed by atoms with Crippen LogP contribution in [0.3, 0.4) is 0 Å². The second kappa shape index (κ2) is 5.58. The molecule has 0 fully saturated rings. The summed E-state index contributed by atoms with van der Waals surface area (Å²) < 4.78 is 32.6. The maximum atomic E-state index is 12.9. The van der Waals surface area contributed by atoms with E-state index in [-0.39, 0.29) is 11.4 Å². The van der Waals surface area contributed by atoms with Crippen LogP contribution in [0.5, 0.6) is 5.75 Å². The fraction of sp³-hybridized carbons (Fsp3) is 0.188. The summed E-state index contributed by atoms with van der Waals surface area (Å²) in [6, 6.07) is 13.2. The average Bonchev–Trinajstić information content (AvgIpc) is 2.54. The number of rotatable bonds is 3. The van der Waals surface area contributed by atoms with Gasteiger partial charge in [0.2, 0.25) is 0 Å². The van der Waals surface area contributed by atoms with Crippen LogP contribution < -0.4 is 14.8 Å². The number of nitrogens with two attached hydrogens (primary N) is 1. The molecular formula is C16H16N2O4S. The van der Waals surface area contributed by atoms with Gasteiger partial charge >= 0.3 is 0 Å². The summed E-state index contributed by atoms with van der Waals surface area (Å²) in [5.41, 5.74) is 6.66. The fourth-order valence-electron chi connectivity index (χ4n) is 2.42. The summed E-state index contributed by atoms with van der Waals surface area (Å²) in [6.07, 6.45) is -1.02. The Morgan fingerprint density at radius 3 is 2.48 bits per heavy atom. The van der Waals surface area contributed by atoms with E-state index in [4.69, 9.17) is 10.5 Å². The van der Waals surface area contributed by atoms with Gasteiger partial charge in [-0.25, -0.2) is 8.42 Å². The van der Waals surface area contributed by atoms with Crippen LogP contribution in [0.4, 0.5) is 5.69 Å². The first-order valence-corrected chi connectivity index (χ1v) is 8.48. The molecule has 0 saturated heterocycles. The minimum absolute atomic E-state index is 0.150. The third-order valence-electron chi connectivity index (χ3n) is 3.66. The summed E-state index contributed by atoms with van der Waals surface area (Å²) in [5, 5.41) is 0. The maximum Gasteiger partial charge on any atom is 0.264 e. The summed E-state index contributed by atoms with van der Waals surface area (Å²) in [7, 11) is -3.81. The molecule has 3 rings (SSSR count). The Hall–Kier alpha value is -2.54. The minimum Gasteiger partial charge on any atom is -0.476 e. The van der Waals surface area contributed by atoms with Crippen LogP contribution in [0.1, 0.15) is 5.56 Å². The Labute approximate surface area is 134 Å². The molecule has 0 radical (unpaired) electrons. The molecule has 2 aromatic carbocycles. The summed E-state index contributed by atoms with van der Waals surface area (Å²) in [5.74, 6) is -0.387. The Balaban J connectivity index is 2.10.